The molecule has 0 fully saturated rings. The molecule has 0 aromatic carbocycles. The summed E-state index contributed by atoms with van der Waals surface area (Å²) in [7, 11) is -2.10. The zero-order chi connectivity index (χ0) is 12.9. The van der Waals surface area contributed by atoms with Crippen LogP contribution in [-0.2, 0) is 18.8 Å². The van der Waals surface area contributed by atoms with Crippen molar-refractivity contribution in [3.8, 4) is 0 Å². The van der Waals surface area contributed by atoms with Gasteiger partial charge in [0.05, 0.1) is 12.0 Å². The number of carbonyl (C=O) groups is 3. The zero-order valence-corrected chi connectivity index (χ0v) is 10.3. The van der Waals surface area contributed by atoms with E-state index >= 15 is 0 Å². The van der Waals surface area contributed by atoms with E-state index < -0.39 is 38.2 Å². The molecule has 0 aliphatic carbocycles. The molecule has 0 heterocycles. The maximum absolute atomic E-state index is 11.2. The van der Waals surface area contributed by atoms with Crippen molar-refractivity contribution in [2.75, 3.05) is 0 Å². The Bertz CT molecular complexity index is 338. The van der Waals surface area contributed by atoms with E-state index in [4.69, 9.17) is 14.6 Å². The van der Waals surface area contributed by atoms with Gasteiger partial charge in [0.1, 0.15) is 0 Å². The van der Waals surface area contributed by atoms with E-state index in [0.717, 1.165) is 0 Å². The molecule has 0 aromatic heterocycles. The van der Waals surface area contributed by atoms with E-state index in [-0.39, 0.29) is 0 Å². The quantitative estimate of drug-likeness (QED) is 0.551. The molecule has 0 spiro atoms. The molecule has 0 bridgehead atoms. The molecule has 0 saturated heterocycles. The maximum Gasteiger partial charge on any atom is 0.332 e. The van der Waals surface area contributed by atoms with E-state index in [1.54, 1.807) is 19.6 Å². The Balaban J connectivity index is 4.73. The maximum atomic E-state index is 11.2. The first kappa shape index (κ1) is 14.4. The number of rotatable bonds is 5. The van der Waals surface area contributed by atoms with Gasteiger partial charge in [-0.25, -0.2) is 9.59 Å². The van der Waals surface area contributed by atoms with Crippen LogP contribution in [0.1, 0.15) is 6.42 Å². The minimum absolute atomic E-state index is 0.490. The summed E-state index contributed by atoms with van der Waals surface area (Å²) in [6.07, 6.45) is 0.00480. The first-order chi connectivity index (χ1) is 7.11. The number of carboxylic acid groups (broad SMARTS) is 2. The molecule has 0 saturated carbocycles. The van der Waals surface area contributed by atoms with Crippen molar-refractivity contribution in [3.63, 3.8) is 0 Å². The van der Waals surface area contributed by atoms with E-state index in [0.29, 0.717) is 6.08 Å². The first-order valence-corrected chi connectivity index (χ1v) is 7.91. The van der Waals surface area contributed by atoms with Gasteiger partial charge in [0.25, 0.3) is 0 Å². The molecule has 0 aromatic rings. The van der Waals surface area contributed by atoms with E-state index in [1.165, 1.54) is 0 Å². The van der Waals surface area contributed by atoms with E-state index in [2.05, 4.69) is 0 Å². The third-order valence-corrected chi connectivity index (χ3v) is 2.13. The number of aliphatic carboxylic acids is 2. The Morgan fingerprint density at radius 1 is 1.19 bits per heavy atom. The van der Waals surface area contributed by atoms with Gasteiger partial charge in [0, 0.05) is 6.08 Å². The Kier molecular flexibility index (Phi) is 4.89. The Hall–Kier alpha value is -1.63. The van der Waals surface area contributed by atoms with Crippen LogP contribution in [-0.4, -0.2) is 36.4 Å². The molecular weight excluding hydrogens is 232 g/mol. The van der Waals surface area contributed by atoms with Gasteiger partial charge in [0.2, 0.25) is 8.32 Å². The second-order valence-electron chi connectivity index (χ2n) is 4.08. The molecule has 0 unspecified atom stereocenters. The monoisotopic (exact) mass is 246 g/mol. The van der Waals surface area contributed by atoms with Gasteiger partial charge in [-0.1, -0.05) is 0 Å². The number of carboxylic acids is 2. The van der Waals surface area contributed by atoms with Crippen LogP contribution in [0.15, 0.2) is 11.6 Å². The molecule has 2 N–H and O–H groups in total. The minimum Gasteiger partial charge on any atom is -0.517 e. The number of carbonyl (C=O) groups excluding carboxylic acids is 1. The van der Waals surface area contributed by atoms with Gasteiger partial charge in [-0.2, -0.15) is 0 Å². The van der Waals surface area contributed by atoms with Crippen molar-refractivity contribution in [2.45, 2.75) is 26.1 Å². The molecule has 0 amide bonds. The SMILES string of the molecule is C[Si](C)(C)OC(=O)/C=C(/CC(=O)O)C(=O)O. The summed E-state index contributed by atoms with van der Waals surface area (Å²) in [4.78, 5) is 32.2. The molecule has 6 nitrogen and oxygen atoms in total. The summed E-state index contributed by atoms with van der Waals surface area (Å²) < 4.78 is 4.97. The highest BCUT2D eigenvalue weighted by Crippen LogP contribution is 2.07. The van der Waals surface area contributed by atoms with Crippen LogP contribution in [0.3, 0.4) is 0 Å². The van der Waals surface area contributed by atoms with Crippen molar-refractivity contribution >= 4 is 26.2 Å². The lowest BCUT2D eigenvalue weighted by Gasteiger charge is -2.15. The standard InChI is InChI=1S/C9H14O6Si/c1-16(2,3)15-8(12)5-6(9(13)14)4-7(10)11/h5H,4H2,1-3H3,(H,10,11)(H,13,14)/b6-5-. The largest absolute Gasteiger partial charge is 0.517 e. The molecule has 0 atom stereocenters. The van der Waals surface area contributed by atoms with E-state index in [1.807, 2.05) is 0 Å². The Morgan fingerprint density at radius 3 is 2.00 bits per heavy atom. The molecule has 0 aliphatic rings. The van der Waals surface area contributed by atoms with Gasteiger partial charge in [-0.05, 0) is 19.6 Å². The zero-order valence-electron chi connectivity index (χ0n) is 9.31. The summed E-state index contributed by atoms with van der Waals surface area (Å²) in [6.45, 7) is 5.28. The fraction of sp³-hybridized carbons (Fsp3) is 0.444. The summed E-state index contributed by atoms with van der Waals surface area (Å²) in [6, 6.07) is 0. The summed E-state index contributed by atoms with van der Waals surface area (Å²) in [5.41, 5.74) is -0.490. The summed E-state index contributed by atoms with van der Waals surface area (Å²) in [5.74, 6) is -3.55. The molecule has 0 rings (SSSR count). The minimum atomic E-state index is -2.10. The van der Waals surface area contributed by atoms with E-state index in [9.17, 15) is 14.4 Å². The van der Waals surface area contributed by atoms with Crippen LogP contribution in [0.2, 0.25) is 19.6 Å². The third-order valence-electron chi connectivity index (χ3n) is 1.32. The summed E-state index contributed by atoms with van der Waals surface area (Å²) in [5, 5.41) is 17.1. The third kappa shape index (κ3) is 6.77. The molecular formula is C9H14O6Si. The van der Waals surface area contributed by atoms with Crippen LogP contribution in [0, 0.1) is 0 Å². The van der Waals surface area contributed by atoms with Gasteiger partial charge >= 0.3 is 17.9 Å². The Labute approximate surface area is 93.7 Å². The molecule has 16 heavy (non-hydrogen) atoms. The van der Waals surface area contributed by atoms with Crippen LogP contribution in [0.25, 0.3) is 0 Å². The van der Waals surface area contributed by atoms with Gasteiger partial charge in [0.15, 0.2) is 0 Å². The first-order valence-electron chi connectivity index (χ1n) is 4.50. The van der Waals surface area contributed by atoms with Gasteiger partial charge < -0.3 is 14.6 Å². The molecule has 0 radical (unpaired) electrons. The highest BCUT2D eigenvalue weighted by atomic mass is 28.4. The lowest BCUT2D eigenvalue weighted by molar-refractivity contribution is -0.139. The Morgan fingerprint density at radius 2 is 1.69 bits per heavy atom. The predicted octanol–water partition coefficient (Wildman–Crippen LogP) is 0.850. The second-order valence-corrected chi connectivity index (χ2v) is 8.51. The number of hydrogen-bond donors (Lipinski definition) is 2. The van der Waals surface area contributed by atoms with Crippen LogP contribution in [0.5, 0.6) is 0 Å². The smallest absolute Gasteiger partial charge is 0.332 e. The van der Waals surface area contributed by atoms with Crippen molar-refractivity contribution < 1.29 is 29.0 Å². The van der Waals surface area contributed by atoms with Crippen LogP contribution < -0.4 is 0 Å². The highest BCUT2D eigenvalue weighted by Gasteiger charge is 2.21. The lowest BCUT2D eigenvalue weighted by Crippen LogP contribution is -2.28. The summed E-state index contributed by atoms with van der Waals surface area (Å²) >= 11 is 0. The fourth-order valence-electron chi connectivity index (χ4n) is 0.825. The average Bonchev–Trinajstić information content (AvgIpc) is 1.97. The van der Waals surface area contributed by atoms with Crippen molar-refractivity contribution in [1.82, 2.24) is 0 Å². The number of hydrogen-bond acceptors (Lipinski definition) is 4. The normalized spacial score (nSPS) is 12.1. The van der Waals surface area contributed by atoms with Crippen molar-refractivity contribution in [1.29, 1.82) is 0 Å². The van der Waals surface area contributed by atoms with Crippen molar-refractivity contribution in [2.24, 2.45) is 0 Å². The van der Waals surface area contributed by atoms with Gasteiger partial charge in [-0.15, -0.1) is 0 Å². The lowest BCUT2D eigenvalue weighted by atomic mass is 10.2. The molecule has 90 valence electrons. The van der Waals surface area contributed by atoms with Crippen LogP contribution in [0.4, 0.5) is 0 Å². The predicted molar refractivity (Wildman–Crippen MR) is 57.4 cm³/mol. The fourth-order valence-corrected chi connectivity index (χ4v) is 1.49. The van der Waals surface area contributed by atoms with Gasteiger partial charge in [-0.3, -0.25) is 4.79 Å². The topological polar surface area (TPSA) is 101 Å². The highest BCUT2D eigenvalue weighted by molar-refractivity contribution is 6.71. The molecule has 7 heteroatoms. The van der Waals surface area contributed by atoms with Crippen LogP contribution >= 0.6 is 0 Å². The average molecular weight is 246 g/mol. The second kappa shape index (κ2) is 5.45. The molecule has 0 aliphatic heterocycles. The van der Waals surface area contributed by atoms with Crippen molar-refractivity contribution in [3.05, 3.63) is 11.6 Å².